The van der Waals surface area contributed by atoms with Gasteiger partial charge < -0.3 is 19.9 Å². The smallest absolute Gasteiger partial charge is 0.416 e. The molecule has 3 aromatic rings. The number of halogens is 6. The Morgan fingerprint density at radius 2 is 1.64 bits per heavy atom. The molecule has 1 aliphatic carbocycles. The van der Waals surface area contributed by atoms with E-state index in [0.29, 0.717) is 30.2 Å². The van der Waals surface area contributed by atoms with Crippen LogP contribution in [0.2, 0.25) is 0 Å². The standard InChI is InChI=1S/C35H38F6N4O4S/c1-3-49-30(47)20-45(19-23-15-26(34(36,37)38)17-27(16-23)35(39,40)41)31(48)33(29-21-50-32(43-29)42-22(2)46)12-9-28(18-33)44-13-10-25(11-14-44)24-7-5-4-6-8-24/h4-8,15-17,21,25,28H,3,9-14,18-20H2,1-2H3,(H,42,43,46). The molecule has 1 aliphatic heterocycles. The molecule has 2 aliphatic rings. The van der Waals surface area contributed by atoms with Crippen molar-refractivity contribution in [3.05, 3.63) is 81.9 Å². The second kappa shape index (κ2) is 15.1. The average Bonchev–Trinajstić information content (AvgIpc) is 3.72. The zero-order valence-electron chi connectivity index (χ0n) is 27.6. The molecule has 1 saturated carbocycles. The summed E-state index contributed by atoms with van der Waals surface area (Å²) in [5, 5.41) is 4.46. The molecule has 2 unspecified atom stereocenters. The van der Waals surface area contributed by atoms with E-state index in [-0.39, 0.29) is 42.6 Å². The van der Waals surface area contributed by atoms with Crippen LogP contribution in [0.25, 0.3) is 0 Å². The molecule has 2 fully saturated rings. The highest BCUT2D eigenvalue weighted by Gasteiger charge is 2.52. The van der Waals surface area contributed by atoms with E-state index in [9.17, 15) is 40.7 Å². The van der Waals surface area contributed by atoms with E-state index >= 15 is 0 Å². The number of hydrogen-bond acceptors (Lipinski definition) is 7. The van der Waals surface area contributed by atoms with Gasteiger partial charge in [-0.1, -0.05) is 30.3 Å². The molecule has 1 N–H and O–H groups in total. The van der Waals surface area contributed by atoms with Crippen LogP contribution in [0.5, 0.6) is 0 Å². The van der Waals surface area contributed by atoms with Crippen LogP contribution in [-0.4, -0.2) is 64.9 Å². The van der Waals surface area contributed by atoms with Gasteiger partial charge in [-0.25, -0.2) is 4.98 Å². The van der Waals surface area contributed by atoms with Crippen molar-refractivity contribution in [3.63, 3.8) is 0 Å². The number of aromatic nitrogens is 1. The Balaban J connectivity index is 1.49. The van der Waals surface area contributed by atoms with E-state index < -0.39 is 59.4 Å². The normalized spacial score (nSPS) is 20.4. The first-order chi connectivity index (χ1) is 23.6. The van der Waals surface area contributed by atoms with Gasteiger partial charge in [0.1, 0.15) is 6.54 Å². The summed E-state index contributed by atoms with van der Waals surface area (Å²) in [5.41, 5.74) is -3.31. The number of likely N-dealkylation sites (tertiary alicyclic amines) is 1. The van der Waals surface area contributed by atoms with E-state index in [2.05, 4.69) is 27.3 Å². The topological polar surface area (TPSA) is 91.8 Å². The lowest BCUT2D eigenvalue weighted by Gasteiger charge is -2.38. The lowest BCUT2D eigenvalue weighted by Crippen LogP contribution is -2.49. The number of ether oxygens (including phenoxy) is 1. The summed E-state index contributed by atoms with van der Waals surface area (Å²) in [4.78, 5) is 47.2. The van der Waals surface area contributed by atoms with Gasteiger partial charge in [-0.3, -0.25) is 14.4 Å². The van der Waals surface area contributed by atoms with Crippen molar-refractivity contribution >= 4 is 34.3 Å². The van der Waals surface area contributed by atoms with Crippen LogP contribution in [0, 0.1) is 0 Å². The Bertz CT molecular complexity index is 1640. The quantitative estimate of drug-likeness (QED) is 0.173. The fraction of sp³-hybridized carbons (Fsp3) is 0.486. The molecule has 2 aromatic carbocycles. The number of hydrogen-bond donors (Lipinski definition) is 1. The molecule has 270 valence electrons. The van der Waals surface area contributed by atoms with Gasteiger partial charge in [-0.2, -0.15) is 26.3 Å². The molecule has 1 saturated heterocycles. The second-order valence-electron chi connectivity index (χ2n) is 12.8. The van der Waals surface area contributed by atoms with Crippen molar-refractivity contribution < 1.29 is 45.5 Å². The monoisotopic (exact) mass is 724 g/mol. The lowest BCUT2D eigenvalue weighted by atomic mass is 9.80. The van der Waals surface area contributed by atoms with E-state index in [0.717, 1.165) is 42.2 Å². The minimum absolute atomic E-state index is 0.0177. The summed E-state index contributed by atoms with van der Waals surface area (Å²) in [6, 6.07) is 11.2. The average molecular weight is 725 g/mol. The van der Waals surface area contributed by atoms with Gasteiger partial charge in [0, 0.05) is 24.9 Å². The Hall–Kier alpha value is -3.98. The number of alkyl halides is 6. The van der Waals surface area contributed by atoms with Crippen molar-refractivity contribution in [2.24, 2.45) is 0 Å². The SMILES string of the molecule is CCOC(=O)CN(Cc1cc(C(F)(F)F)cc(C(F)(F)F)c1)C(=O)C1(c2csc(NC(C)=O)n2)CCC(N2CCC(c3ccccc3)CC2)C1. The minimum atomic E-state index is -5.10. The fourth-order valence-electron chi connectivity index (χ4n) is 7.09. The van der Waals surface area contributed by atoms with Crippen molar-refractivity contribution in [1.82, 2.24) is 14.8 Å². The number of piperidine rings is 1. The molecule has 5 rings (SSSR count). The predicted octanol–water partition coefficient (Wildman–Crippen LogP) is 7.40. The maximum absolute atomic E-state index is 14.8. The maximum Gasteiger partial charge on any atom is 0.416 e. The number of nitrogens with one attached hydrogen (secondary N) is 1. The second-order valence-corrected chi connectivity index (χ2v) is 13.7. The number of anilines is 1. The number of benzene rings is 2. The van der Waals surface area contributed by atoms with E-state index in [1.807, 2.05) is 18.2 Å². The van der Waals surface area contributed by atoms with Crippen LogP contribution in [0.15, 0.2) is 53.9 Å². The molecule has 2 atom stereocenters. The van der Waals surface area contributed by atoms with Gasteiger partial charge in [-0.15, -0.1) is 11.3 Å². The van der Waals surface area contributed by atoms with Crippen LogP contribution >= 0.6 is 11.3 Å². The zero-order valence-corrected chi connectivity index (χ0v) is 28.4. The van der Waals surface area contributed by atoms with Gasteiger partial charge in [0.15, 0.2) is 5.13 Å². The van der Waals surface area contributed by atoms with Crippen molar-refractivity contribution in [2.45, 2.75) is 82.2 Å². The number of esters is 1. The predicted molar refractivity (Wildman–Crippen MR) is 174 cm³/mol. The third-order valence-corrected chi connectivity index (χ3v) is 10.2. The van der Waals surface area contributed by atoms with Gasteiger partial charge in [0.2, 0.25) is 11.8 Å². The summed E-state index contributed by atoms with van der Waals surface area (Å²) < 4.78 is 87.5. The molecule has 8 nitrogen and oxygen atoms in total. The molecular formula is C35H38F6N4O4S. The van der Waals surface area contributed by atoms with Crippen molar-refractivity contribution in [3.8, 4) is 0 Å². The van der Waals surface area contributed by atoms with Crippen LogP contribution < -0.4 is 5.32 Å². The number of carbonyl (C=O) groups excluding carboxylic acids is 3. The van der Waals surface area contributed by atoms with Gasteiger partial charge in [-0.05, 0) is 87.4 Å². The minimum Gasteiger partial charge on any atom is -0.465 e. The van der Waals surface area contributed by atoms with Gasteiger partial charge >= 0.3 is 18.3 Å². The highest BCUT2D eigenvalue weighted by atomic mass is 32.1. The molecule has 1 aromatic heterocycles. The van der Waals surface area contributed by atoms with Gasteiger partial charge in [0.25, 0.3) is 0 Å². The summed E-state index contributed by atoms with van der Waals surface area (Å²) in [5.74, 6) is -1.54. The Morgan fingerprint density at radius 3 is 2.22 bits per heavy atom. The van der Waals surface area contributed by atoms with E-state index in [1.165, 1.54) is 19.4 Å². The highest BCUT2D eigenvalue weighted by molar-refractivity contribution is 7.14. The molecule has 2 amide bonds. The highest BCUT2D eigenvalue weighted by Crippen LogP contribution is 2.47. The molecule has 50 heavy (non-hydrogen) atoms. The molecule has 0 spiro atoms. The van der Waals surface area contributed by atoms with Crippen LogP contribution in [0.3, 0.4) is 0 Å². The number of rotatable bonds is 10. The van der Waals surface area contributed by atoms with Crippen molar-refractivity contribution in [2.75, 3.05) is 31.6 Å². The lowest BCUT2D eigenvalue weighted by molar-refractivity contribution is -0.151. The fourth-order valence-corrected chi connectivity index (χ4v) is 7.94. The van der Waals surface area contributed by atoms with Crippen LogP contribution in [0.1, 0.15) is 79.8 Å². The number of nitrogens with zero attached hydrogens (tertiary/aromatic N) is 3. The summed E-state index contributed by atoms with van der Waals surface area (Å²) >= 11 is 1.09. The third kappa shape index (κ3) is 8.66. The first kappa shape index (κ1) is 37.3. The zero-order chi connectivity index (χ0) is 36.3. The third-order valence-electron chi connectivity index (χ3n) is 9.43. The first-order valence-corrected chi connectivity index (χ1v) is 17.2. The Kier molecular flexibility index (Phi) is 11.3. The largest absolute Gasteiger partial charge is 0.465 e. The molecule has 0 bridgehead atoms. The summed E-state index contributed by atoms with van der Waals surface area (Å²) in [6.07, 6.45) is -7.33. The number of amides is 2. The van der Waals surface area contributed by atoms with E-state index in [4.69, 9.17) is 4.74 Å². The molecule has 0 radical (unpaired) electrons. The number of carbonyl (C=O) groups is 3. The van der Waals surface area contributed by atoms with Crippen LogP contribution in [-0.2, 0) is 43.4 Å². The maximum atomic E-state index is 14.8. The Morgan fingerprint density at radius 1 is 1.00 bits per heavy atom. The summed E-state index contributed by atoms with van der Waals surface area (Å²) in [6.45, 7) is 2.89. The molecule has 15 heteroatoms. The summed E-state index contributed by atoms with van der Waals surface area (Å²) in [7, 11) is 0. The Labute approximate surface area is 289 Å². The molecule has 2 heterocycles. The van der Waals surface area contributed by atoms with Crippen molar-refractivity contribution in [1.29, 1.82) is 0 Å². The van der Waals surface area contributed by atoms with Crippen LogP contribution in [0.4, 0.5) is 31.5 Å². The van der Waals surface area contributed by atoms with E-state index in [1.54, 1.807) is 5.38 Å². The first-order valence-electron chi connectivity index (χ1n) is 16.3. The number of thiazole rings is 1. The molecular weight excluding hydrogens is 686 g/mol. The van der Waals surface area contributed by atoms with Gasteiger partial charge in [0.05, 0.1) is 28.8 Å².